The molecule has 0 spiro atoms. The first-order valence-corrected chi connectivity index (χ1v) is 10.0. The van der Waals surface area contributed by atoms with Crippen LogP contribution in [0.25, 0.3) is 10.9 Å². The fourth-order valence-electron chi connectivity index (χ4n) is 3.92. The van der Waals surface area contributed by atoms with Crippen molar-refractivity contribution in [2.75, 3.05) is 23.3 Å². The summed E-state index contributed by atoms with van der Waals surface area (Å²) in [5.74, 6) is -0.0184. The maximum atomic E-state index is 12.8. The van der Waals surface area contributed by atoms with Gasteiger partial charge in [-0.3, -0.25) is 9.78 Å². The standard InChI is InChI=1S/C23H21ClN4O/c1-15-12-18(24)6-7-20(15)27-23(29)16-8-10-28(11-9-16)22-17(13-25)14-26-21-5-3-2-4-19(21)22/h2-7,12,14,16H,8-11H2,1H3,(H,27,29). The van der Waals surface area contributed by atoms with Crippen molar-refractivity contribution in [3.8, 4) is 6.07 Å². The van der Waals surface area contributed by atoms with Crippen LogP contribution >= 0.6 is 11.6 Å². The molecule has 1 saturated heterocycles. The van der Waals surface area contributed by atoms with E-state index in [-0.39, 0.29) is 11.8 Å². The molecule has 0 atom stereocenters. The Bertz CT molecular complexity index is 1110. The molecule has 1 N–H and O–H groups in total. The summed E-state index contributed by atoms with van der Waals surface area (Å²) in [7, 11) is 0. The zero-order valence-electron chi connectivity index (χ0n) is 16.2. The van der Waals surface area contributed by atoms with E-state index in [1.807, 2.05) is 43.3 Å². The summed E-state index contributed by atoms with van der Waals surface area (Å²) in [5, 5.41) is 14.2. The number of nitrogens with one attached hydrogen (secondary N) is 1. The molecular weight excluding hydrogens is 384 g/mol. The fraction of sp³-hybridized carbons (Fsp3) is 0.261. The van der Waals surface area contributed by atoms with E-state index in [1.54, 1.807) is 12.3 Å². The van der Waals surface area contributed by atoms with Crippen LogP contribution in [0.4, 0.5) is 11.4 Å². The van der Waals surface area contributed by atoms with Crippen LogP contribution in [-0.4, -0.2) is 24.0 Å². The number of fused-ring (bicyclic) bond motifs is 1. The van der Waals surface area contributed by atoms with Gasteiger partial charge in [0, 0.05) is 41.3 Å². The van der Waals surface area contributed by atoms with Crippen molar-refractivity contribution in [2.45, 2.75) is 19.8 Å². The Hall–Kier alpha value is -3.10. The van der Waals surface area contributed by atoms with Crippen molar-refractivity contribution in [1.29, 1.82) is 5.26 Å². The SMILES string of the molecule is Cc1cc(Cl)ccc1NC(=O)C1CCN(c2c(C#N)cnc3ccccc23)CC1. The third-order valence-electron chi connectivity index (χ3n) is 5.50. The molecule has 0 radical (unpaired) electrons. The first-order chi connectivity index (χ1) is 14.1. The molecule has 0 saturated carbocycles. The van der Waals surface area contributed by atoms with Crippen LogP contribution in [0.1, 0.15) is 24.0 Å². The minimum absolute atomic E-state index is 0.0372. The van der Waals surface area contributed by atoms with Crippen LogP contribution in [0.15, 0.2) is 48.7 Å². The minimum atomic E-state index is -0.0556. The number of para-hydroxylation sites is 1. The van der Waals surface area contributed by atoms with E-state index in [1.165, 1.54) is 0 Å². The van der Waals surface area contributed by atoms with Crippen molar-refractivity contribution in [3.05, 3.63) is 64.8 Å². The van der Waals surface area contributed by atoms with E-state index >= 15 is 0 Å². The van der Waals surface area contributed by atoms with Crippen LogP contribution in [0.5, 0.6) is 0 Å². The van der Waals surface area contributed by atoms with E-state index in [9.17, 15) is 10.1 Å². The number of aromatic nitrogens is 1. The number of nitriles is 1. The molecule has 1 aromatic heterocycles. The first kappa shape index (κ1) is 19.2. The van der Waals surface area contributed by atoms with Gasteiger partial charge in [-0.1, -0.05) is 29.8 Å². The molecule has 0 bridgehead atoms. The summed E-state index contributed by atoms with van der Waals surface area (Å²) >= 11 is 6.00. The van der Waals surface area contributed by atoms with E-state index in [2.05, 4.69) is 21.3 Å². The monoisotopic (exact) mass is 404 g/mol. The van der Waals surface area contributed by atoms with Gasteiger partial charge in [0.1, 0.15) is 6.07 Å². The van der Waals surface area contributed by atoms with E-state index in [0.29, 0.717) is 10.6 Å². The minimum Gasteiger partial charge on any atom is -0.370 e. The highest BCUT2D eigenvalue weighted by atomic mass is 35.5. The zero-order valence-corrected chi connectivity index (χ0v) is 16.9. The van der Waals surface area contributed by atoms with Gasteiger partial charge < -0.3 is 10.2 Å². The molecule has 146 valence electrons. The molecular formula is C23H21ClN4O. The Morgan fingerprint density at radius 1 is 1.24 bits per heavy atom. The summed E-state index contributed by atoms with van der Waals surface area (Å²) in [6.45, 7) is 3.38. The number of piperidine rings is 1. The molecule has 2 heterocycles. The number of pyridine rings is 1. The molecule has 0 aliphatic carbocycles. The van der Waals surface area contributed by atoms with Gasteiger partial charge in [-0.05, 0) is 49.6 Å². The Morgan fingerprint density at radius 3 is 2.72 bits per heavy atom. The van der Waals surface area contributed by atoms with E-state index in [0.717, 1.165) is 53.8 Å². The molecule has 6 heteroatoms. The maximum Gasteiger partial charge on any atom is 0.227 e. The molecule has 0 unspecified atom stereocenters. The molecule has 2 aromatic carbocycles. The smallest absolute Gasteiger partial charge is 0.227 e. The van der Waals surface area contributed by atoms with Crippen LogP contribution in [0, 0.1) is 24.2 Å². The van der Waals surface area contributed by atoms with Crippen molar-refractivity contribution in [3.63, 3.8) is 0 Å². The highest BCUT2D eigenvalue weighted by Gasteiger charge is 2.27. The predicted octanol–water partition coefficient (Wildman–Crippen LogP) is 4.92. The lowest BCUT2D eigenvalue weighted by Gasteiger charge is -2.34. The summed E-state index contributed by atoms with van der Waals surface area (Å²) in [6.07, 6.45) is 3.11. The number of anilines is 2. The molecule has 1 aliphatic heterocycles. The molecule has 5 nitrogen and oxygen atoms in total. The van der Waals surface area contributed by atoms with Crippen LogP contribution in [0.3, 0.4) is 0 Å². The van der Waals surface area contributed by atoms with Crippen LogP contribution in [0.2, 0.25) is 5.02 Å². The Labute approximate surface area is 174 Å². The fourth-order valence-corrected chi connectivity index (χ4v) is 4.14. The lowest BCUT2D eigenvalue weighted by molar-refractivity contribution is -0.120. The highest BCUT2D eigenvalue weighted by Crippen LogP contribution is 2.33. The van der Waals surface area contributed by atoms with Crippen LogP contribution in [-0.2, 0) is 4.79 Å². The summed E-state index contributed by atoms with van der Waals surface area (Å²) in [4.78, 5) is 19.4. The van der Waals surface area contributed by atoms with Gasteiger partial charge in [-0.2, -0.15) is 5.26 Å². The van der Waals surface area contributed by atoms with Gasteiger partial charge >= 0.3 is 0 Å². The average Bonchev–Trinajstić information content (AvgIpc) is 2.75. The van der Waals surface area contributed by atoms with Gasteiger partial charge in [-0.15, -0.1) is 0 Å². The van der Waals surface area contributed by atoms with Gasteiger partial charge in [-0.25, -0.2) is 0 Å². The predicted molar refractivity (Wildman–Crippen MR) is 116 cm³/mol. The Balaban J connectivity index is 1.49. The Kier molecular flexibility index (Phi) is 5.37. The van der Waals surface area contributed by atoms with Crippen molar-refractivity contribution in [1.82, 2.24) is 4.98 Å². The summed E-state index contributed by atoms with van der Waals surface area (Å²) in [6, 6.07) is 15.6. The first-order valence-electron chi connectivity index (χ1n) is 9.66. The number of rotatable bonds is 3. The molecule has 3 aromatic rings. The zero-order chi connectivity index (χ0) is 20.4. The normalized spacial score (nSPS) is 14.6. The number of carbonyl (C=O) groups excluding carboxylic acids is 1. The third-order valence-corrected chi connectivity index (χ3v) is 5.73. The number of hydrogen-bond donors (Lipinski definition) is 1. The number of halogens is 1. The summed E-state index contributed by atoms with van der Waals surface area (Å²) in [5.41, 5.74) is 4.12. The topological polar surface area (TPSA) is 69.0 Å². The van der Waals surface area contributed by atoms with Gasteiger partial charge in [0.2, 0.25) is 5.91 Å². The quantitative estimate of drug-likeness (QED) is 0.672. The van der Waals surface area contributed by atoms with E-state index < -0.39 is 0 Å². The highest BCUT2D eigenvalue weighted by molar-refractivity contribution is 6.30. The maximum absolute atomic E-state index is 12.8. The molecule has 1 aliphatic rings. The van der Waals surface area contributed by atoms with Gasteiger partial charge in [0.25, 0.3) is 0 Å². The number of hydrogen-bond acceptors (Lipinski definition) is 4. The molecule has 4 rings (SSSR count). The summed E-state index contributed by atoms with van der Waals surface area (Å²) < 4.78 is 0. The third kappa shape index (κ3) is 3.90. The van der Waals surface area contributed by atoms with E-state index in [4.69, 9.17) is 11.6 Å². The van der Waals surface area contributed by atoms with Crippen molar-refractivity contribution in [2.24, 2.45) is 5.92 Å². The van der Waals surface area contributed by atoms with Gasteiger partial charge in [0.15, 0.2) is 0 Å². The number of benzene rings is 2. The number of nitrogens with zero attached hydrogens (tertiary/aromatic N) is 3. The van der Waals surface area contributed by atoms with Crippen molar-refractivity contribution >= 4 is 39.8 Å². The average molecular weight is 405 g/mol. The van der Waals surface area contributed by atoms with Gasteiger partial charge in [0.05, 0.1) is 16.8 Å². The molecule has 1 fully saturated rings. The second kappa shape index (κ2) is 8.10. The number of aryl methyl sites for hydroxylation is 1. The molecule has 1 amide bonds. The second-order valence-corrected chi connectivity index (χ2v) is 7.80. The van der Waals surface area contributed by atoms with Crippen LogP contribution < -0.4 is 10.2 Å². The number of amides is 1. The Morgan fingerprint density at radius 2 is 2.00 bits per heavy atom. The second-order valence-electron chi connectivity index (χ2n) is 7.36. The largest absolute Gasteiger partial charge is 0.370 e. The number of carbonyl (C=O) groups is 1. The van der Waals surface area contributed by atoms with Crippen molar-refractivity contribution < 1.29 is 4.79 Å². The molecule has 29 heavy (non-hydrogen) atoms. The lowest BCUT2D eigenvalue weighted by Crippen LogP contribution is -2.38. The lowest BCUT2D eigenvalue weighted by atomic mass is 9.94.